The third-order valence-electron chi connectivity index (χ3n) is 4.29. The first-order valence-corrected chi connectivity index (χ1v) is 7.80. The van der Waals surface area contributed by atoms with Gasteiger partial charge in [0.2, 0.25) is 5.91 Å². The molecule has 1 aromatic heterocycles. The maximum absolute atomic E-state index is 13.0. The summed E-state index contributed by atoms with van der Waals surface area (Å²) in [4.78, 5) is 23.7. The second-order valence-electron chi connectivity index (χ2n) is 5.81. The first-order valence-electron chi connectivity index (χ1n) is 7.80. The summed E-state index contributed by atoms with van der Waals surface area (Å²) < 4.78 is 6.70. The lowest BCUT2D eigenvalue weighted by atomic mass is 9.73. The SMILES string of the molecule is O=C(O)Cn1ccc(NC(=O)C2(c3ccccc3)CCOCC2)n1. The Balaban J connectivity index is 1.82. The number of nitrogens with zero attached hydrogens (tertiary/aromatic N) is 2. The van der Waals surface area contributed by atoms with Crippen molar-refractivity contribution < 1.29 is 19.4 Å². The Kier molecular flexibility index (Phi) is 4.61. The molecule has 0 unspecified atom stereocenters. The average molecular weight is 329 g/mol. The van der Waals surface area contributed by atoms with Crippen molar-refractivity contribution in [3.05, 3.63) is 48.2 Å². The van der Waals surface area contributed by atoms with E-state index >= 15 is 0 Å². The quantitative estimate of drug-likeness (QED) is 0.870. The Hall–Kier alpha value is -2.67. The van der Waals surface area contributed by atoms with Gasteiger partial charge < -0.3 is 15.2 Å². The number of benzene rings is 1. The molecule has 1 aliphatic rings. The highest BCUT2D eigenvalue weighted by atomic mass is 16.5. The number of aromatic nitrogens is 2. The second-order valence-corrected chi connectivity index (χ2v) is 5.81. The number of aliphatic carboxylic acids is 1. The molecule has 24 heavy (non-hydrogen) atoms. The fourth-order valence-corrected chi connectivity index (χ4v) is 3.01. The number of amides is 1. The summed E-state index contributed by atoms with van der Waals surface area (Å²) in [5.74, 6) is -0.776. The number of hydrogen-bond donors (Lipinski definition) is 2. The average Bonchev–Trinajstić information content (AvgIpc) is 3.02. The molecular formula is C17H19N3O4. The Morgan fingerprint density at radius 2 is 1.92 bits per heavy atom. The van der Waals surface area contributed by atoms with Crippen LogP contribution >= 0.6 is 0 Å². The van der Waals surface area contributed by atoms with Crippen LogP contribution in [0.3, 0.4) is 0 Å². The van der Waals surface area contributed by atoms with Gasteiger partial charge in [-0.1, -0.05) is 30.3 Å². The molecule has 0 spiro atoms. The summed E-state index contributed by atoms with van der Waals surface area (Å²) in [6.07, 6.45) is 2.72. The summed E-state index contributed by atoms with van der Waals surface area (Å²) in [5.41, 5.74) is 0.298. The van der Waals surface area contributed by atoms with Gasteiger partial charge in [0, 0.05) is 25.5 Å². The molecule has 0 radical (unpaired) electrons. The standard InChI is InChI=1S/C17H19N3O4/c21-15(22)12-20-9-6-14(19-20)18-16(23)17(7-10-24-11-8-17)13-4-2-1-3-5-13/h1-6,9H,7-8,10-12H2,(H,21,22)(H,18,19,23). The third kappa shape index (κ3) is 3.30. The van der Waals surface area contributed by atoms with Crippen LogP contribution in [0.1, 0.15) is 18.4 Å². The summed E-state index contributed by atoms with van der Waals surface area (Å²) in [6, 6.07) is 11.3. The lowest BCUT2D eigenvalue weighted by molar-refractivity contribution is -0.137. The molecule has 1 amide bonds. The Labute approximate surface area is 139 Å². The zero-order valence-electron chi connectivity index (χ0n) is 13.1. The topological polar surface area (TPSA) is 93.5 Å². The van der Waals surface area contributed by atoms with Gasteiger partial charge in [0.25, 0.3) is 0 Å². The smallest absolute Gasteiger partial charge is 0.325 e. The van der Waals surface area contributed by atoms with Gasteiger partial charge >= 0.3 is 5.97 Å². The van der Waals surface area contributed by atoms with E-state index in [4.69, 9.17) is 9.84 Å². The predicted molar refractivity (Wildman–Crippen MR) is 86.7 cm³/mol. The molecule has 1 saturated heterocycles. The molecule has 1 fully saturated rings. The summed E-state index contributed by atoms with van der Waals surface area (Å²) >= 11 is 0. The van der Waals surface area contributed by atoms with E-state index in [0.29, 0.717) is 31.9 Å². The molecule has 0 bridgehead atoms. The largest absolute Gasteiger partial charge is 0.480 e. The number of anilines is 1. The number of nitrogens with one attached hydrogen (secondary N) is 1. The minimum absolute atomic E-state index is 0.141. The van der Waals surface area contributed by atoms with E-state index in [0.717, 1.165) is 5.56 Å². The maximum atomic E-state index is 13.0. The molecule has 126 valence electrons. The molecule has 3 rings (SSSR count). The summed E-state index contributed by atoms with van der Waals surface area (Å²) in [7, 11) is 0. The number of carbonyl (C=O) groups is 2. The minimum atomic E-state index is -0.985. The van der Waals surface area contributed by atoms with Gasteiger partial charge in [0.15, 0.2) is 5.82 Å². The van der Waals surface area contributed by atoms with Crippen molar-refractivity contribution in [3.8, 4) is 0 Å². The van der Waals surface area contributed by atoms with E-state index in [1.165, 1.54) is 10.9 Å². The summed E-state index contributed by atoms with van der Waals surface area (Å²) in [6.45, 7) is 0.805. The summed E-state index contributed by atoms with van der Waals surface area (Å²) in [5, 5.41) is 15.7. The molecule has 7 heteroatoms. The van der Waals surface area contributed by atoms with Crippen molar-refractivity contribution in [2.24, 2.45) is 0 Å². The van der Waals surface area contributed by atoms with Crippen molar-refractivity contribution in [1.82, 2.24) is 9.78 Å². The van der Waals surface area contributed by atoms with Gasteiger partial charge in [-0.15, -0.1) is 0 Å². The van der Waals surface area contributed by atoms with Gasteiger partial charge in [0.1, 0.15) is 6.54 Å². The number of ether oxygens (including phenoxy) is 1. The normalized spacial score (nSPS) is 16.5. The Morgan fingerprint density at radius 3 is 2.58 bits per heavy atom. The lowest BCUT2D eigenvalue weighted by Crippen LogP contribution is -2.44. The maximum Gasteiger partial charge on any atom is 0.325 e. The molecule has 7 nitrogen and oxygen atoms in total. The van der Waals surface area contributed by atoms with Gasteiger partial charge in [0.05, 0.1) is 5.41 Å². The number of carbonyl (C=O) groups excluding carboxylic acids is 1. The zero-order chi connectivity index (χ0) is 17.0. The molecule has 2 aromatic rings. The number of carboxylic acid groups (broad SMARTS) is 1. The Bertz CT molecular complexity index is 720. The Morgan fingerprint density at radius 1 is 1.21 bits per heavy atom. The molecular weight excluding hydrogens is 310 g/mol. The first kappa shape index (κ1) is 16.2. The van der Waals surface area contributed by atoms with Crippen LogP contribution in [-0.4, -0.2) is 40.0 Å². The van der Waals surface area contributed by atoms with Crippen molar-refractivity contribution in [1.29, 1.82) is 0 Å². The van der Waals surface area contributed by atoms with Crippen LogP contribution in [0.15, 0.2) is 42.6 Å². The number of rotatable bonds is 5. The molecule has 0 aliphatic carbocycles. The number of carboxylic acids is 1. The van der Waals surface area contributed by atoms with Crippen molar-refractivity contribution in [2.75, 3.05) is 18.5 Å². The van der Waals surface area contributed by atoms with Crippen LogP contribution in [0, 0.1) is 0 Å². The molecule has 2 heterocycles. The van der Waals surface area contributed by atoms with Crippen molar-refractivity contribution >= 4 is 17.7 Å². The highest BCUT2D eigenvalue weighted by molar-refractivity contribution is 5.98. The van der Waals surface area contributed by atoms with Gasteiger partial charge in [-0.05, 0) is 18.4 Å². The van der Waals surface area contributed by atoms with Gasteiger partial charge in [-0.2, -0.15) is 5.10 Å². The molecule has 1 aromatic carbocycles. The minimum Gasteiger partial charge on any atom is -0.480 e. The molecule has 2 N–H and O–H groups in total. The van der Waals surface area contributed by atoms with Crippen LogP contribution in [-0.2, 0) is 26.3 Å². The van der Waals surface area contributed by atoms with Gasteiger partial charge in [-0.25, -0.2) is 0 Å². The monoisotopic (exact) mass is 329 g/mol. The third-order valence-corrected chi connectivity index (χ3v) is 4.29. The van der Waals surface area contributed by atoms with Crippen LogP contribution in [0.4, 0.5) is 5.82 Å². The zero-order valence-corrected chi connectivity index (χ0v) is 13.1. The van der Waals surface area contributed by atoms with E-state index in [1.807, 2.05) is 30.3 Å². The first-order chi connectivity index (χ1) is 11.6. The predicted octanol–water partition coefficient (Wildman–Crippen LogP) is 1.65. The molecule has 1 aliphatic heterocycles. The van der Waals surface area contributed by atoms with Crippen LogP contribution < -0.4 is 5.32 Å². The van der Waals surface area contributed by atoms with E-state index < -0.39 is 11.4 Å². The van der Waals surface area contributed by atoms with E-state index in [9.17, 15) is 9.59 Å². The van der Waals surface area contributed by atoms with E-state index in [1.54, 1.807) is 6.07 Å². The van der Waals surface area contributed by atoms with Crippen molar-refractivity contribution in [2.45, 2.75) is 24.8 Å². The number of hydrogen-bond acceptors (Lipinski definition) is 4. The fourth-order valence-electron chi connectivity index (χ4n) is 3.01. The van der Waals surface area contributed by atoms with Crippen LogP contribution in [0.2, 0.25) is 0 Å². The highest BCUT2D eigenvalue weighted by Gasteiger charge is 2.41. The van der Waals surface area contributed by atoms with E-state index in [-0.39, 0.29) is 12.5 Å². The molecule has 0 atom stereocenters. The highest BCUT2D eigenvalue weighted by Crippen LogP contribution is 2.35. The van der Waals surface area contributed by atoms with Gasteiger partial charge in [-0.3, -0.25) is 14.3 Å². The van der Waals surface area contributed by atoms with Crippen LogP contribution in [0.25, 0.3) is 0 Å². The lowest BCUT2D eigenvalue weighted by Gasteiger charge is -2.36. The second kappa shape index (κ2) is 6.84. The fraction of sp³-hybridized carbons (Fsp3) is 0.353. The molecule has 0 saturated carbocycles. The van der Waals surface area contributed by atoms with Crippen LogP contribution in [0.5, 0.6) is 0 Å². The van der Waals surface area contributed by atoms with Crippen molar-refractivity contribution in [3.63, 3.8) is 0 Å². The van der Waals surface area contributed by atoms with E-state index in [2.05, 4.69) is 10.4 Å².